The zero-order valence-electron chi connectivity index (χ0n) is 11.1. The standard InChI is InChI=1S/C14H20N4/c1-3-8-18-14(11-16-17-18)13-7-5-6-12(9-13)10-15-4-2/h5-7,9,11,15H,3-4,8,10H2,1-2H3. The van der Waals surface area contributed by atoms with Crippen LogP contribution in [-0.2, 0) is 13.1 Å². The van der Waals surface area contributed by atoms with Gasteiger partial charge in [-0.15, -0.1) is 5.10 Å². The first-order chi connectivity index (χ1) is 8.85. The third-order valence-corrected chi connectivity index (χ3v) is 2.85. The number of nitrogens with one attached hydrogen (secondary N) is 1. The van der Waals surface area contributed by atoms with Gasteiger partial charge in [-0.25, -0.2) is 4.68 Å². The van der Waals surface area contributed by atoms with E-state index in [0.29, 0.717) is 0 Å². The van der Waals surface area contributed by atoms with Crippen LogP contribution in [0.2, 0.25) is 0 Å². The summed E-state index contributed by atoms with van der Waals surface area (Å²) >= 11 is 0. The molecule has 0 unspecified atom stereocenters. The molecule has 0 bridgehead atoms. The number of hydrogen-bond donors (Lipinski definition) is 1. The highest BCUT2D eigenvalue weighted by atomic mass is 15.4. The molecule has 4 heteroatoms. The summed E-state index contributed by atoms with van der Waals surface area (Å²) in [6.07, 6.45) is 2.90. The number of rotatable bonds is 6. The first kappa shape index (κ1) is 12.8. The van der Waals surface area contributed by atoms with Gasteiger partial charge >= 0.3 is 0 Å². The second kappa shape index (κ2) is 6.31. The predicted molar refractivity (Wildman–Crippen MR) is 73.1 cm³/mol. The van der Waals surface area contributed by atoms with E-state index in [9.17, 15) is 0 Å². The second-order valence-electron chi connectivity index (χ2n) is 4.32. The summed E-state index contributed by atoms with van der Waals surface area (Å²) in [5.41, 5.74) is 3.57. The Morgan fingerprint density at radius 3 is 2.94 bits per heavy atom. The Labute approximate surface area is 108 Å². The smallest absolute Gasteiger partial charge is 0.0885 e. The lowest BCUT2D eigenvalue weighted by atomic mass is 10.1. The van der Waals surface area contributed by atoms with Crippen LogP contribution in [0.4, 0.5) is 0 Å². The zero-order valence-corrected chi connectivity index (χ0v) is 11.1. The van der Waals surface area contributed by atoms with Crippen molar-refractivity contribution >= 4 is 0 Å². The van der Waals surface area contributed by atoms with Gasteiger partial charge in [0, 0.05) is 18.7 Å². The zero-order chi connectivity index (χ0) is 12.8. The maximum atomic E-state index is 4.13. The Hall–Kier alpha value is -1.68. The van der Waals surface area contributed by atoms with E-state index in [0.717, 1.165) is 31.7 Å². The summed E-state index contributed by atoms with van der Waals surface area (Å²) in [6.45, 7) is 7.06. The van der Waals surface area contributed by atoms with Crippen LogP contribution in [0.25, 0.3) is 11.3 Å². The van der Waals surface area contributed by atoms with Crippen molar-refractivity contribution in [2.75, 3.05) is 6.54 Å². The van der Waals surface area contributed by atoms with Crippen LogP contribution in [0.3, 0.4) is 0 Å². The van der Waals surface area contributed by atoms with Crippen molar-refractivity contribution in [3.05, 3.63) is 36.0 Å². The van der Waals surface area contributed by atoms with Crippen molar-refractivity contribution < 1.29 is 0 Å². The Bertz CT molecular complexity index is 490. The minimum atomic E-state index is 0.902. The predicted octanol–water partition coefficient (Wildman–Crippen LogP) is 2.46. The summed E-state index contributed by atoms with van der Waals surface area (Å²) in [6, 6.07) is 8.54. The van der Waals surface area contributed by atoms with Crippen LogP contribution in [0.15, 0.2) is 30.5 Å². The van der Waals surface area contributed by atoms with Gasteiger partial charge in [0.15, 0.2) is 0 Å². The molecule has 0 aliphatic rings. The fourth-order valence-electron chi connectivity index (χ4n) is 1.97. The normalized spacial score (nSPS) is 10.8. The minimum absolute atomic E-state index is 0.902. The molecule has 96 valence electrons. The molecule has 0 fully saturated rings. The molecule has 2 aromatic rings. The molecule has 18 heavy (non-hydrogen) atoms. The van der Waals surface area contributed by atoms with Gasteiger partial charge in [0.05, 0.1) is 11.9 Å². The quantitative estimate of drug-likeness (QED) is 0.848. The summed E-state index contributed by atoms with van der Waals surface area (Å²) < 4.78 is 1.96. The van der Waals surface area contributed by atoms with Gasteiger partial charge in [-0.1, -0.05) is 37.3 Å². The molecule has 1 heterocycles. The van der Waals surface area contributed by atoms with E-state index >= 15 is 0 Å². The number of aromatic nitrogens is 3. The van der Waals surface area contributed by atoms with Crippen molar-refractivity contribution in [3.63, 3.8) is 0 Å². The highest BCUT2D eigenvalue weighted by Gasteiger charge is 2.06. The molecule has 0 saturated carbocycles. The first-order valence-corrected chi connectivity index (χ1v) is 6.53. The molecule has 0 aliphatic heterocycles. The number of aryl methyl sites for hydroxylation is 1. The van der Waals surface area contributed by atoms with Gasteiger partial charge in [0.25, 0.3) is 0 Å². The van der Waals surface area contributed by atoms with Gasteiger partial charge in [0.1, 0.15) is 0 Å². The second-order valence-corrected chi connectivity index (χ2v) is 4.32. The summed E-state index contributed by atoms with van der Waals surface area (Å²) in [4.78, 5) is 0. The molecule has 4 nitrogen and oxygen atoms in total. The van der Waals surface area contributed by atoms with E-state index in [1.54, 1.807) is 0 Å². The van der Waals surface area contributed by atoms with E-state index in [-0.39, 0.29) is 0 Å². The minimum Gasteiger partial charge on any atom is -0.313 e. The highest BCUT2D eigenvalue weighted by Crippen LogP contribution is 2.19. The topological polar surface area (TPSA) is 42.7 Å². The molecule has 2 rings (SSSR count). The maximum absolute atomic E-state index is 4.13. The lowest BCUT2D eigenvalue weighted by Gasteiger charge is -2.07. The number of benzene rings is 1. The molecule has 0 aliphatic carbocycles. The molecular weight excluding hydrogens is 224 g/mol. The Morgan fingerprint density at radius 2 is 2.17 bits per heavy atom. The SMILES string of the molecule is CCCn1nncc1-c1cccc(CNCC)c1. The van der Waals surface area contributed by atoms with Crippen molar-refractivity contribution in [3.8, 4) is 11.3 Å². The molecule has 0 spiro atoms. The van der Waals surface area contributed by atoms with E-state index in [1.807, 2.05) is 10.9 Å². The average Bonchev–Trinajstić information content (AvgIpc) is 2.85. The molecule has 0 atom stereocenters. The molecule has 1 N–H and O–H groups in total. The monoisotopic (exact) mass is 244 g/mol. The van der Waals surface area contributed by atoms with Gasteiger partial charge in [0.2, 0.25) is 0 Å². The molecular formula is C14H20N4. The third-order valence-electron chi connectivity index (χ3n) is 2.85. The van der Waals surface area contributed by atoms with Crippen LogP contribution < -0.4 is 5.32 Å². The van der Waals surface area contributed by atoms with Gasteiger partial charge in [-0.05, 0) is 24.6 Å². The Kier molecular flexibility index (Phi) is 4.47. The van der Waals surface area contributed by atoms with Crippen molar-refractivity contribution in [1.82, 2.24) is 20.3 Å². The van der Waals surface area contributed by atoms with Crippen LogP contribution in [0.5, 0.6) is 0 Å². The van der Waals surface area contributed by atoms with Crippen LogP contribution in [0, 0.1) is 0 Å². The van der Waals surface area contributed by atoms with Crippen molar-refractivity contribution in [1.29, 1.82) is 0 Å². The van der Waals surface area contributed by atoms with E-state index < -0.39 is 0 Å². The summed E-state index contributed by atoms with van der Waals surface area (Å²) in [5.74, 6) is 0. The lowest BCUT2D eigenvalue weighted by molar-refractivity contribution is 0.584. The highest BCUT2D eigenvalue weighted by molar-refractivity contribution is 5.59. The van der Waals surface area contributed by atoms with E-state index in [1.165, 1.54) is 11.1 Å². The van der Waals surface area contributed by atoms with Crippen molar-refractivity contribution in [2.24, 2.45) is 0 Å². The van der Waals surface area contributed by atoms with Crippen LogP contribution >= 0.6 is 0 Å². The molecule has 0 amide bonds. The fraction of sp³-hybridized carbons (Fsp3) is 0.429. The van der Waals surface area contributed by atoms with Crippen LogP contribution in [0.1, 0.15) is 25.8 Å². The van der Waals surface area contributed by atoms with Crippen LogP contribution in [-0.4, -0.2) is 21.5 Å². The summed E-state index contributed by atoms with van der Waals surface area (Å²) in [7, 11) is 0. The van der Waals surface area contributed by atoms with Gasteiger partial charge in [-0.3, -0.25) is 0 Å². The Morgan fingerprint density at radius 1 is 1.28 bits per heavy atom. The molecule has 0 saturated heterocycles. The molecule has 1 aromatic heterocycles. The Balaban J connectivity index is 2.24. The van der Waals surface area contributed by atoms with E-state index in [2.05, 4.69) is 53.7 Å². The van der Waals surface area contributed by atoms with Gasteiger partial charge < -0.3 is 5.32 Å². The summed E-state index contributed by atoms with van der Waals surface area (Å²) in [5, 5.41) is 11.5. The third kappa shape index (κ3) is 2.96. The molecule has 1 aromatic carbocycles. The first-order valence-electron chi connectivity index (χ1n) is 6.53. The average molecular weight is 244 g/mol. The fourth-order valence-corrected chi connectivity index (χ4v) is 1.97. The number of hydrogen-bond acceptors (Lipinski definition) is 3. The van der Waals surface area contributed by atoms with Gasteiger partial charge in [-0.2, -0.15) is 0 Å². The number of nitrogens with zero attached hydrogens (tertiary/aromatic N) is 3. The van der Waals surface area contributed by atoms with E-state index in [4.69, 9.17) is 0 Å². The maximum Gasteiger partial charge on any atom is 0.0885 e. The van der Waals surface area contributed by atoms with Crippen molar-refractivity contribution in [2.45, 2.75) is 33.4 Å². The lowest BCUT2D eigenvalue weighted by Crippen LogP contribution is -2.11. The largest absolute Gasteiger partial charge is 0.313 e. The molecule has 0 radical (unpaired) electrons.